The molecule has 4 fully saturated rings. The number of carbonyl (C=O) groups excluding carboxylic acids is 1. The zero-order valence-corrected chi connectivity index (χ0v) is 23.0. The minimum atomic E-state index is -1.34. The van der Waals surface area contributed by atoms with E-state index in [0.29, 0.717) is 47.1 Å². The fourth-order valence-electron chi connectivity index (χ4n) is 5.98. The number of nitrogen functional groups attached to an aromatic ring is 2. The summed E-state index contributed by atoms with van der Waals surface area (Å²) in [5, 5.41) is 29.4. The Morgan fingerprint density at radius 3 is 1.76 bits per heavy atom. The van der Waals surface area contributed by atoms with Crippen LogP contribution in [0.4, 0.5) is 23.0 Å². The molecule has 4 aliphatic rings. The Labute approximate surface area is 231 Å². The van der Waals surface area contributed by atoms with Crippen molar-refractivity contribution >= 4 is 52.1 Å². The molecule has 2 aromatic rings. The predicted octanol–water partition coefficient (Wildman–Crippen LogP) is 1.32. The van der Waals surface area contributed by atoms with Crippen molar-refractivity contribution in [2.24, 2.45) is 0 Å². The molecule has 1 amide bonds. The van der Waals surface area contributed by atoms with Crippen molar-refractivity contribution in [2.75, 3.05) is 47.4 Å². The number of amides is 1. The zero-order valence-electron chi connectivity index (χ0n) is 21.5. The van der Waals surface area contributed by atoms with Crippen LogP contribution in [-0.2, 0) is 4.79 Å². The van der Waals surface area contributed by atoms with Crippen molar-refractivity contribution in [1.29, 1.82) is 0 Å². The van der Waals surface area contributed by atoms with E-state index in [1.165, 1.54) is 26.7 Å². The molecule has 14 heteroatoms. The first-order chi connectivity index (χ1) is 18.0. The van der Waals surface area contributed by atoms with Crippen LogP contribution >= 0.6 is 23.2 Å². The quantitative estimate of drug-likeness (QED) is 0.425. The molecule has 4 atom stereocenters. The van der Waals surface area contributed by atoms with Gasteiger partial charge < -0.3 is 36.6 Å². The number of halogens is 2. The molecule has 38 heavy (non-hydrogen) atoms. The molecule has 6 N–H and O–H groups in total. The van der Waals surface area contributed by atoms with E-state index in [-0.39, 0.29) is 18.0 Å². The van der Waals surface area contributed by atoms with Crippen LogP contribution in [-0.4, -0.2) is 92.3 Å². The summed E-state index contributed by atoms with van der Waals surface area (Å²) in [6.07, 6.45) is 4.34. The van der Waals surface area contributed by atoms with Gasteiger partial charge in [0.05, 0.1) is 11.4 Å². The summed E-state index contributed by atoms with van der Waals surface area (Å²) in [5.74, 6) is 0.593. The molecule has 0 aliphatic carbocycles. The number of carbonyl (C=O) groups is 1. The summed E-state index contributed by atoms with van der Waals surface area (Å²) < 4.78 is 0. The maximum absolute atomic E-state index is 12.4. The van der Waals surface area contributed by atoms with Crippen molar-refractivity contribution in [2.45, 2.75) is 69.3 Å². The molecule has 12 nitrogen and oxygen atoms in total. The minimum absolute atomic E-state index is 0.0732. The largest absolute Gasteiger partial charge is 0.381 e. The highest BCUT2D eigenvalue weighted by molar-refractivity contribution is 6.30. The first-order valence-electron chi connectivity index (χ1n) is 12.9. The van der Waals surface area contributed by atoms with Crippen LogP contribution < -0.4 is 26.6 Å². The number of nitrogens with one attached hydrogen (secondary N) is 1. The second-order valence-corrected chi connectivity index (χ2v) is 11.8. The van der Waals surface area contributed by atoms with E-state index in [9.17, 15) is 9.90 Å². The molecule has 4 aliphatic heterocycles. The lowest BCUT2D eigenvalue weighted by Crippen LogP contribution is -2.60. The number of fused-ring (bicyclic) bond motifs is 4. The van der Waals surface area contributed by atoms with Gasteiger partial charge in [-0.1, -0.05) is 23.2 Å². The summed E-state index contributed by atoms with van der Waals surface area (Å²) >= 11 is 11.8. The molecular formula is C24H34Cl2N10O2. The summed E-state index contributed by atoms with van der Waals surface area (Å²) in [6.45, 7) is 6.33. The number of hydrogen-bond acceptors (Lipinski definition) is 11. The van der Waals surface area contributed by atoms with E-state index < -0.39 is 5.60 Å². The SMILES string of the molecule is CC(C)(O)C(=O)N1C2CCC1CN(c1cc(Cl)nnc1N)C2.Nc1nnc(Cl)cc1N1CC2CCC(C1)N2. The lowest BCUT2D eigenvalue weighted by Gasteiger charge is -2.44. The number of aliphatic hydroxyl groups is 1. The molecule has 0 spiro atoms. The Kier molecular flexibility index (Phi) is 7.42. The molecular weight excluding hydrogens is 531 g/mol. The maximum Gasteiger partial charge on any atom is 0.254 e. The van der Waals surface area contributed by atoms with Gasteiger partial charge in [0, 0.05) is 62.5 Å². The molecule has 206 valence electrons. The van der Waals surface area contributed by atoms with Crippen molar-refractivity contribution in [3.05, 3.63) is 22.4 Å². The number of nitrogens with two attached hydrogens (primary N) is 2. The normalized spacial score (nSPS) is 26.3. The highest BCUT2D eigenvalue weighted by Crippen LogP contribution is 2.36. The van der Waals surface area contributed by atoms with Gasteiger partial charge in [0.25, 0.3) is 5.91 Å². The lowest BCUT2D eigenvalue weighted by atomic mass is 10.0. The third-order valence-electron chi connectivity index (χ3n) is 7.68. The summed E-state index contributed by atoms with van der Waals surface area (Å²) in [7, 11) is 0. The lowest BCUT2D eigenvalue weighted by molar-refractivity contribution is -0.151. The van der Waals surface area contributed by atoms with E-state index in [4.69, 9.17) is 34.7 Å². The Morgan fingerprint density at radius 1 is 0.868 bits per heavy atom. The minimum Gasteiger partial charge on any atom is -0.381 e. The van der Waals surface area contributed by atoms with Crippen LogP contribution in [0.3, 0.4) is 0 Å². The standard InChI is InChI=1S/C14H20ClN5O2.C10H14ClN5/c1-14(2,22)13(21)20-8-3-4-9(20)7-19(6-8)10-5-11(15)17-18-12(10)16;11-9-3-8(10(12)15-14-9)16-4-6-1-2-7(5-16)13-6/h5,8-9,22H,3-4,6-7H2,1-2H3,(H2,16,18);3,6-7,13H,1-2,4-5H2,(H2,12,15). The number of aromatic nitrogens is 4. The van der Waals surface area contributed by atoms with Gasteiger partial charge in [-0.05, 0) is 39.5 Å². The topological polar surface area (TPSA) is 163 Å². The van der Waals surface area contributed by atoms with E-state index in [1.54, 1.807) is 12.1 Å². The van der Waals surface area contributed by atoms with Gasteiger partial charge in [-0.25, -0.2) is 0 Å². The number of hydrogen-bond donors (Lipinski definition) is 4. The summed E-state index contributed by atoms with van der Waals surface area (Å²) in [5.41, 5.74) is 12.1. The van der Waals surface area contributed by atoms with Crippen LogP contribution in [0.5, 0.6) is 0 Å². The summed E-state index contributed by atoms with van der Waals surface area (Å²) in [6, 6.07) is 4.80. The molecule has 4 bridgehead atoms. The highest BCUT2D eigenvalue weighted by atomic mass is 35.5. The number of anilines is 4. The first-order valence-corrected chi connectivity index (χ1v) is 13.6. The molecule has 4 saturated heterocycles. The average Bonchev–Trinajstić information content (AvgIpc) is 3.34. The van der Waals surface area contributed by atoms with Gasteiger partial charge in [0.1, 0.15) is 5.60 Å². The van der Waals surface area contributed by atoms with Gasteiger partial charge >= 0.3 is 0 Å². The predicted molar refractivity (Wildman–Crippen MR) is 147 cm³/mol. The third-order valence-corrected chi connectivity index (χ3v) is 8.05. The summed E-state index contributed by atoms with van der Waals surface area (Å²) in [4.78, 5) is 18.6. The zero-order chi connectivity index (χ0) is 27.2. The Balaban J connectivity index is 0.000000162. The van der Waals surface area contributed by atoms with Crippen LogP contribution in [0.25, 0.3) is 0 Å². The highest BCUT2D eigenvalue weighted by Gasteiger charge is 2.46. The van der Waals surface area contributed by atoms with E-state index >= 15 is 0 Å². The van der Waals surface area contributed by atoms with Crippen molar-refractivity contribution in [1.82, 2.24) is 30.6 Å². The fourth-order valence-corrected chi connectivity index (χ4v) is 6.27. The molecule has 4 unspecified atom stereocenters. The van der Waals surface area contributed by atoms with Crippen LogP contribution in [0.1, 0.15) is 39.5 Å². The van der Waals surface area contributed by atoms with Crippen molar-refractivity contribution in [3.63, 3.8) is 0 Å². The molecule has 0 aromatic carbocycles. The number of nitrogens with zero attached hydrogens (tertiary/aromatic N) is 7. The van der Waals surface area contributed by atoms with Gasteiger partial charge in [0.15, 0.2) is 21.9 Å². The van der Waals surface area contributed by atoms with Crippen molar-refractivity contribution in [3.8, 4) is 0 Å². The van der Waals surface area contributed by atoms with Crippen LogP contribution in [0.15, 0.2) is 12.1 Å². The second kappa shape index (κ2) is 10.5. The Bertz CT molecular complexity index is 1170. The molecule has 0 saturated carbocycles. The molecule has 2 aromatic heterocycles. The van der Waals surface area contributed by atoms with E-state index in [1.807, 2.05) is 4.90 Å². The maximum atomic E-state index is 12.4. The Hall–Kier alpha value is -2.67. The van der Waals surface area contributed by atoms with Crippen LogP contribution in [0.2, 0.25) is 10.3 Å². The van der Waals surface area contributed by atoms with Gasteiger partial charge in [-0.15, -0.1) is 20.4 Å². The monoisotopic (exact) mass is 564 g/mol. The number of piperazine rings is 2. The number of rotatable bonds is 3. The second-order valence-electron chi connectivity index (χ2n) is 11.0. The van der Waals surface area contributed by atoms with Gasteiger partial charge in [-0.2, -0.15) is 0 Å². The van der Waals surface area contributed by atoms with E-state index in [2.05, 4.69) is 35.5 Å². The average molecular weight is 566 g/mol. The first kappa shape index (κ1) is 26.9. The fraction of sp³-hybridized carbons (Fsp3) is 0.625. The third kappa shape index (κ3) is 5.54. The molecule has 6 rings (SSSR count). The molecule has 0 radical (unpaired) electrons. The van der Waals surface area contributed by atoms with Gasteiger partial charge in [0.2, 0.25) is 0 Å². The van der Waals surface area contributed by atoms with Crippen LogP contribution in [0, 0.1) is 0 Å². The Morgan fingerprint density at radius 2 is 1.32 bits per heavy atom. The van der Waals surface area contributed by atoms with Gasteiger partial charge in [-0.3, -0.25) is 4.79 Å². The molecule has 6 heterocycles. The smallest absolute Gasteiger partial charge is 0.254 e. The van der Waals surface area contributed by atoms with E-state index in [0.717, 1.165) is 37.3 Å². The van der Waals surface area contributed by atoms with Crippen molar-refractivity contribution < 1.29 is 9.90 Å².